The Bertz CT molecular complexity index is 595. The number of nitrogens with zero attached hydrogens (tertiary/aromatic N) is 4. The van der Waals surface area contributed by atoms with Crippen LogP contribution in [0.3, 0.4) is 0 Å². The molecular formula is C12H12N4O2S. The number of carbonyl (C=O) groups is 1. The van der Waals surface area contributed by atoms with E-state index in [0.29, 0.717) is 16.5 Å². The quantitative estimate of drug-likeness (QED) is 0.662. The van der Waals surface area contributed by atoms with Gasteiger partial charge < -0.3 is 5.11 Å². The lowest BCUT2D eigenvalue weighted by molar-refractivity contribution is -0.132. The molecule has 0 radical (unpaired) electrons. The van der Waals surface area contributed by atoms with E-state index in [2.05, 4.69) is 15.5 Å². The Morgan fingerprint density at radius 1 is 1.42 bits per heavy atom. The number of aromatic nitrogens is 4. The van der Waals surface area contributed by atoms with E-state index in [0.717, 1.165) is 5.69 Å². The van der Waals surface area contributed by atoms with E-state index < -0.39 is 5.97 Å². The Morgan fingerprint density at radius 2 is 2.16 bits per heavy atom. The van der Waals surface area contributed by atoms with Crippen LogP contribution >= 0.6 is 11.8 Å². The molecule has 0 aliphatic carbocycles. The van der Waals surface area contributed by atoms with Crippen molar-refractivity contribution in [2.45, 2.75) is 12.1 Å². The second-order valence-electron chi connectivity index (χ2n) is 3.71. The summed E-state index contributed by atoms with van der Waals surface area (Å²) in [6.45, 7) is 1.56. The summed E-state index contributed by atoms with van der Waals surface area (Å²) < 4.78 is 1.62. The lowest BCUT2D eigenvalue weighted by Crippen LogP contribution is -1.99. The molecule has 6 nitrogen and oxygen atoms in total. The number of para-hydroxylation sites is 1. The number of aliphatic carboxylic acids is 1. The molecule has 0 saturated carbocycles. The zero-order valence-corrected chi connectivity index (χ0v) is 11.0. The van der Waals surface area contributed by atoms with Crippen LogP contribution in [-0.4, -0.2) is 37.0 Å². The summed E-state index contributed by atoms with van der Waals surface area (Å²) in [5.74, 6) is -0.408. The molecule has 0 bridgehead atoms. The van der Waals surface area contributed by atoms with Crippen LogP contribution in [0.2, 0.25) is 0 Å². The summed E-state index contributed by atoms with van der Waals surface area (Å²) in [6.07, 6.45) is 1.64. The lowest BCUT2D eigenvalue weighted by Gasteiger charge is -2.02. The second-order valence-corrected chi connectivity index (χ2v) is 4.70. The highest BCUT2D eigenvalue weighted by molar-refractivity contribution is 7.99. The summed E-state index contributed by atoms with van der Waals surface area (Å²) in [5.41, 5.74) is 1.18. The Kier molecular flexibility index (Phi) is 4.30. The van der Waals surface area contributed by atoms with Crippen LogP contribution in [0.15, 0.2) is 47.1 Å². The van der Waals surface area contributed by atoms with Crippen LogP contribution in [0.4, 0.5) is 0 Å². The Balaban J connectivity index is 2.09. The van der Waals surface area contributed by atoms with Crippen LogP contribution < -0.4 is 0 Å². The van der Waals surface area contributed by atoms with Gasteiger partial charge in [-0.15, -0.1) is 5.10 Å². The summed E-state index contributed by atoms with van der Waals surface area (Å²) >= 11 is 1.38. The minimum atomic E-state index is -0.914. The van der Waals surface area contributed by atoms with Crippen molar-refractivity contribution >= 4 is 17.7 Å². The molecule has 2 aromatic rings. The highest BCUT2D eigenvalue weighted by atomic mass is 32.2. The van der Waals surface area contributed by atoms with E-state index in [1.54, 1.807) is 17.7 Å². The number of thioether (sulfide) groups is 1. The molecule has 1 aromatic heterocycles. The minimum Gasteiger partial charge on any atom is -0.478 e. The SMILES string of the molecule is CC(=CCSc1nnnn1-c1ccccc1)C(=O)O. The van der Waals surface area contributed by atoms with Crippen molar-refractivity contribution < 1.29 is 9.90 Å². The first-order chi connectivity index (χ1) is 9.18. The fourth-order valence-electron chi connectivity index (χ4n) is 1.33. The Labute approximate surface area is 114 Å². The monoisotopic (exact) mass is 276 g/mol. The van der Waals surface area contributed by atoms with Gasteiger partial charge in [0.2, 0.25) is 5.16 Å². The largest absolute Gasteiger partial charge is 0.478 e. The van der Waals surface area contributed by atoms with Crippen LogP contribution in [0, 0.1) is 0 Å². The number of rotatable bonds is 5. The molecule has 1 N–H and O–H groups in total. The van der Waals surface area contributed by atoms with E-state index >= 15 is 0 Å². The number of carboxylic acids is 1. The summed E-state index contributed by atoms with van der Waals surface area (Å²) in [7, 11) is 0. The fraction of sp³-hybridized carbons (Fsp3) is 0.167. The lowest BCUT2D eigenvalue weighted by atomic mass is 10.3. The summed E-state index contributed by atoms with van der Waals surface area (Å²) in [4.78, 5) is 10.7. The maximum Gasteiger partial charge on any atom is 0.330 e. The maximum absolute atomic E-state index is 10.7. The van der Waals surface area contributed by atoms with Crippen LogP contribution in [-0.2, 0) is 4.79 Å². The molecule has 1 heterocycles. The van der Waals surface area contributed by atoms with Gasteiger partial charge in [-0.05, 0) is 29.5 Å². The Morgan fingerprint density at radius 3 is 2.84 bits per heavy atom. The molecule has 98 valence electrons. The number of carboxylic acid groups (broad SMARTS) is 1. The standard InChI is InChI=1S/C12H12N4O2S/c1-9(11(17)18)7-8-19-12-13-14-15-16(12)10-5-3-2-4-6-10/h2-7H,8H2,1H3,(H,17,18). The van der Waals surface area contributed by atoms with Gasteiger partial charge in [0, 0.05) is 11.3 Å². The molecule has 0 aliphatic rings. The molecule has 0 fully saturated rings. The van der Waals surface area contributed by atoms with Gasteiger partial charge in [-0.2, -0.15) is 4.68 Å². The van der Waals surface area contributed by atoms with Crippen molar-refractivity contribution in [1.82, 2.24) is 20.2 Å². The van der Waals surface area contributed by atoms with Crippen molar-refractivity contribution in [1.29, 1.82) is 0 Å². The normalized spacial score (nSPS) is 11.5. The zero-order valence-electron chi connectivity index (χ0n) is 10.2. The topological polar surface area (TPSA) is 80.9 Å². The maximum atomic E-state index is 10.7. The van der Waals surface area contributed by atoms with E-state index in [4.69, 9.17) is 5.11 Å². The van der Waals surface area contributed by atoms with Gasteiger partial charge >= 0.3 is 5.97 Å². The van der Waals surface area contributed by atoms with Crippen molar-refractivity contribution in [3.8, 4) is 5.69 Å². The first-order valence-electron chi connectivity index (χ1n) is 5.55. The highest BCUT2D eigenvalue weighted by Crippen LogP contribution is 2.18. The van der Waals surface area contributed by atoms with E-state index in [-0.39, 0.29) is 0 Å². The summed E-state index contributed by atoms with van der Waals surface area (Å²) in [5, 5.41) is 20.9. The molecule has 2 rings (SSSR count). The predicted molar refractivity (Wildman–Crippen MR) is 71.3 cm³/mol. The smallest absolute Gasteiger partial charge is 0.330 e. The van der Waals surface area contributed by atoms with Gasteiger partial charge in [-0.1, -0.05) is 36.0 Å². The van der Waals surface area contributed by atoms with Crippen LogP contribution in [0.1, 0.15) is 6.92 Å². The third kappa shape index (κ3) is 3.41. The van der Waals surface area contributed by atoms with Gasteiger partial charge in [-0.25, -0.2) is 4.79 Å². The number of hydrogen-bond donors (Lipinski definition) is 1. The number of tetrazole rings is 1. The fourth-order valence-corrected chi connectivity index (χ4v) is 2.17. The first-order valence-corrected chi connectivity index (χ1v) is 6.53. The number of benzene rings is 1. The average Bonchev–Trinajstić information content (AvgIpc) is 2.88. The van der Waals surface area contributed by atoms with Gasteiger partial charge in [0.15, 0.2) is 0 Å². The van der Waals surface area contributed by atoms with Crippen LogP contribution in [0.25, 0.3) is 5.69 Å². The van der Waals surface area contributed by atoms with Gasteiger partial charge in [0.25, 0.3) is 0 Å². The second kappa shape index (κ2) is 6.14. The molecule has 0 unspecified atom stereocenters. The van der Waals surface area contributed by atoms with E-state index in [9.17, 15) is 4.79 Å². The zero-order chi connectivity index (χ0) is 13.7. The predicted octanol–water partition coefficient (Wildman–Crippen LogP) is 1.79. The van der Waals surface area contributed by atoms with Crippen molar-refractivity contribution in [2.75, 3.05) is 5.75 Å². The third-order valence-electron chi connectivity index (χ3n) is 2.38. The molecular weight excluding hydrogens is 264 g/mol. The van der Waals surface area contributed by atoms with Gasteiger partial charge in [-0.3, -0.25) is 0 Å². The number of hydrogen-bond acceptors (Lipinski definition) is 5. The molecule has 0 aliphatic heterocycles. The van der Waals surface area contributed by atoms with Gasteiger partial charge in [0.1, 0.15) is 0 Å². The molecule has 19 heavy (non-hydrogen) atoms. The van der Waals surface area contributed by atoms with Crippen molar-refractivity contribution in [2.24, 2.45) is 0 Å². The molecule has 1 aromatic carbocycles. The first kappa shape index (κ1) is 13.3. The van der Waals surface area contributed by atoms with E-state index in [1.807, 2.05) is 30.3 Å². The van der Waals surface area contributed by atoms with Crippen molar-refractivity contribution in [3.63, 3.8) is 0 Å². The third-order valence-corrected chi connectivity index (χ3v) is 3.23. The van der Waals surface area contributed by atoms with Gasteiger partial charge in [0.05, 0.1) is 5.69 Å². The van der Waals surface area contributed by atoms with Crippen molar-refractivity contribution in [3.05, 3.63) is 42.0 Å². The minimum absolute atomic E-state index is 0.311. The molecule has 0 amide bonds. The molecule has 0 atom stereocenters. The Hall–Kier alpha value is -2.15. The molecule has 0 saturated heterocycles. The molecule has 7 heteroatoms. The average molecular weight is 276 g/mol. The van der Waals surface area contributed by atoms with E-state index in [1.165, 1.54) is 11.8 Å². The molecule has 0 spiro atoms. The summed E-state index contributed by atoms with van der Waals surface area (Å²) in [6, 6.07) is 9.52. The highest BCUT2D eigenvalue weighted by Gasteiger charge is 2.08. The van der Waals surface area contributed by atoms with Crippen LogP contribution in [0.5, 0.6) is 0 Å².